The highest BCUT2D eigenvalue weighted by Gasteiger charge is 2.36. The Hall–Kier alpha value is -2.36. The van der Waals surface area contributed by atoms with E-state index in [0.717, 1.165) is 28.6 Å². The van der Waals surface area contributed by atoms with Crippen LogP contribution in [0.4, 0.5) is 4.39 Å². The third-order valence-corrected chi connectivity index (χ3v) is 7.69. The van der Waals surface area contributed by atoms with Crippen molar-refractivity contribution in [1.29, 1.82) is 0 Å². The van der Waals surface area contributed by atoms with E-state index in [4.69, 9.17) is 0 Å². The number of rotatable bonds is 4. The number of thiophene rings is 1. The lowest BCUT2D eigenvalue weighted by Crippen LogP contribution is -2.62. The molecule has 2 aliphatic rings. The largest absolute Gasteiger partial charge is 0.336 e. The molecule has 2 fully saturated rings. The molecular formula is C21H21FN4O2S2. The van der Waals surface area contributed by atoms with Crippen molar-refractivity contribution in [2.45, 2.75) is 25.4 Å². The number of nitrogens with one attached hydrogen (secondary N) is 1. The lowest BCUT2D eigenvalue weighted by Gasteiger charge is -2.41. The summed E-state index contributed by atoms with van der Waals surface area (Å²) < 4.78 is 14.3. The standard InChI is InChI=1S/C21H21FN4O2S2/c1-12-16-3-2-13(22)6-18(16)30-19(12)21(28)26-8-15(9-26)24-14-4-5-25(7-14)20(27)17-10-29-11-23-17/h2-3,6,10-11,14-15,24H,4-5,7-9H2,1H3. The second-order valence-electron chi connectivity index (χ2n) is 7.88. The van der Waals surface area contributed by atoms with E-state index in [1.54, 1.807) is 17.0 Å². The number of likely N-dealkylation sites (tertiary alicyclic amines) is 2. The topological polar surface area (TPSA) is 65.5 Å². The first kappa shape index (κ1) is 19.6. The first-order chi connectivity index (χ1) is 14.5. The van der Waals surface area contributed by atoms with Crippen molar-refractivity contribution >= 4 is 44.6 Å². The molecule has 1 N–H and O–H groups in total. The lowest BCUT2D eigenvalue weighted by molar-refractivity contribution is 0.0557. The van der Waals surface area contributed by atoms with Gasteiger partial charge in [-0.15, -0.1) is 22.7 Å². The molecule has 1 atom stereocenters. The number of aromatic nitrogens is 1. The predicted molar refractivity (Wildman–Crippen MR) is 116 cm³/mol. The number of fused-ring (bicyclic) bond motifs is 1. The van der Waals surface area contributed by atoms with Gasteiger partial charge in [-0.05, 0) is 36.4 Å². The Balaban J connectivity index is 1.16. The zero-order valence-corrected chi connectivity index (χ0v) is 18.1. The van der Waals surface area contributed by atoms with Gasteiger partial charge in [0, 0.05) is 48.3 Å². The minimum Gasteiger partial charge on any atom is -0.336 e. The molecule has 0 spiro atoms. The van der Waals surface area contributed by atoms with Crippen LogP contribution in [-0.2, 0) is 0 Å². The van der Waals surface area contributed by atoms with Crippen molar-refractivity contribution in [3.8, 4) is 0 Å². The summed E-state index contributed by atoms with van der Waals surface area (Å²) in [6, 6.07) is 5.14. The number of benzene rings is 1. The summed E-state index contributed by atoms with van der Waals surface area (Å²) in [4.78, 5) is 33.8. The third-order valence-electron chi connectivity index (χ3n) is 5.86. The molecule has 2 aliphatic heterocycles. The second-order valence-corrected chi connectivity index (χ2v) is 9.65. The summed E-state index contributed by atoms with van der Waals surface area (Å²) in [7, 11) is 0. The Morgan fingerprint density at radius 3 is 2.73 bits per heavy atom. The van der Waals surface area contributed by atoms with E-state index >= 15 is 0 Å². The molecule has 5 rings (SSSR count). The first-order valence-electron chi connectivity index (χ1n) is 9.91. The van der Waals surface area contributed by atoms with Crippen LogP contribution < -0.4 is 5.32 Å². The summed E-state index contributed by atoms with van der Waals surface area (Å²) in [5.74, 6) is -0.281. The fraction of sp³-hybridized carbons (Fsp3) is 0.381. The van der Waals surface area contributed by atoms with Gasteiger partial charge in [-0.2, -0.15) is 0 Å². The van der Waals surface area contributed by atoms with Gasteiger partial charge in [0.15, 0.2) is 0 Å². The second kappa shape index (κ2) is 7.72. The van der Waals surface area contributed by atoms with Crippen LogP contribution in [0.15, 0.2) is 29.1 Å². The normalized spacial score (nSPS) is 19.5. The fourth-order valence-corrected chi connectivity index (χ4v) is 5.92. The molecule has 1 aromatic carbocycles. The van der Waals surface area contributed by atoms with Gasteiger partial charge in [0.25, 0.3) is 11.8 Å². The van der Waals surface area contributed by atoms with E-state index in [9.17, 15) is 14.0 Å². The number of hydrogen-bond acceptors (Lipinski definition) is 6. The van der Waals surface area contributed by atoms with Crippen LogP contribution in [0.1, 0.15) is 32.1 Å². The third kappa shape index (κ3) is 3.51. The highest BCUT2D eigenvalue weighted by molar-refractivity contribution is 7.21. The molecule has 3 aromatic rings. The molecule has 156 valence electrons. The van der Waals surface area contributed by atoms with Crippen LogP contribution in [0.5, 0.6) is 0 Å². The smallest absolute Gasteiger partial charge is 0.273 e. The molecule has 2 saturated heterocycles. The Morgan fingerprint density at radius 1 is 1.17 bits per heavy atom. The molecule has 2 aromatic heterocycles. The Morgan fingerprint density at radius 2 is 1.97 bits per heavy atom. The van der Waals surface area contributed by atoms with Crippen molar-refractivity contribution in [3.63, 3.8) is 0 Å². The van der Waals surface area contributed by atoms with Gasteiger partial charge in [0.1, 0.15) is 11.5 Å². The van der Waals surface area contributed by atoms with Crippen molar-refractivity contribution in [3.05, 3.63) is 51.0 Å². The number of nitrogens with zero attached hydrogens (tertiary/aromatic N) is 3. The van der Waals surface area contributed by atoms with E-state index in [0.29, 0.717) is 30.2 Å². The highest BCUT2D eigenvalue weighted by Crippen LogP contribution is 2.33. The quantitative estimate of drug-likeness (QED) is 0.672. The maximum Gasteiger partial charge on any atom is 0.273 e. The number of aryl methyl sites for hydroxylation is 1. The number of thiazole rings is 1. The van der Waals surface area contributed by atoms with Crippen LogP contribution in [0.2, 0.25) is 0 Å². The van der Waals surface area contributed by atoms with Crippen LogP contribution in [0.3, 0.4) is 0 Å². The molecule has 4 heterocycles. The van der Waals surface area contributed by atoms with Gasteiger partial charge in [0.05, 0.1) is 10.4 Å². The minimum absolute atomic E-state index is 0.0114. The van der Waals surface area contributed by atoms with E-state index in [-0.39, 0.29) is 29.7 Å². The van der Waals surface area contributed by atoms with Crippen molar-refractivity contribution in [2.75, 3.05) is 26.2 Å². The number of carbonyl (C=O) groups excluding carboxylic acids is 2. The number of amides is 2. The van der Waals surface area contributed by atoms with E-state index < -0.39 is 0 Å². The minimum atomic E-state index is -0.283. The number of hydrogen-bond donors (Lipinski definition) is 1. The Labute approximate surface area is 181 Å². The van der Waals surface area contributed by atoms with Crippen molar-refractivity contribution < 1.29 is 14.0 Å². The molecule has 0 aliphatic carbocycles. The zero-order valence-electron chi connectivity index (χ0n) is 16.4. The maximum atomic E-state index is 13.5. The Bertz CT molecular complexity index is 1110. The zero-order chi connectivity index (χ0) is 20.8. The van der Waals surface area contributed by atoms with E-state index in [2.05, 4.69) is 10.3 Å². The van der Waals surface area contributed by atoms with E-state index in [1.807, 2.05) is 16.7 Å². The van der Waals surface area contributed by atoms with Gasteiger partial charge < -0.3 is 15.1 Å². The summed E-state index contributed by atoms with van der Waals surface area (Å²) in [6.45, 7) is 4.61. The van der Waals surface area contributed by atoms with Gasteiger partial charge >= 0.3 is 0 Å². The molecular weight excluding hydrogens is 423 g/mol. The van der Waals surface area contributed by atoms with Gasteiger partial charge in [0.2, 0.25) is 0 Å². The van der Waals surface area contributed by atoms with Gasteiger partial charge in [-0.1, -0.05) is 6.07 Å². The average molecular weight is 445 g/mol. The first-order valence-corrected chi connectivity index (χ1v) is 11.7. The van der Waals surface area contributed by atoms with Gasteiger partial charge in [-0.25, -0.2) is 9.37 Å². The molecule has 9 heteroatoms. The summed E-state index contributed by atoms with van der Waals surface area (Å²) >= 11 is 2.78. The lowest BCUT2D eigenvalue weighted by atomic mass is 10.1. The van der Waals surface area contributed by atoms with Crippen molar-refractivity contribution in [1.82, 2.24) is 20.1 Å². The molecule has 0 radical (unpaired) electrons. The summed E-state index contributed by atoms with van der Waals surface area (Å²) in [5, 5.41) is 6.30. The summed E-state index contributed by atoms with van der Waals surface area (Å²) in [5.41, 5.74) is 3.11. The molecule has 0 saturated carbocycles. The monoisotopic (exact) mass is 444 g/mol. The van der Waals surface area contributed by atoms with E-state index in [1.165, 1.54) is 34.8 Å². The highest BCUT2D eigenvalue weighted by atomic mass is 32.1. The fourth-order valence-electron chi connectivity index (χ4n) is 4.19. The van der Waals surface area contributed by atoms with Crippen molar-refractivity contribution in [2.24, 2.45) is 0 Å². The SMILES string of the molecule is Cc1c(C(=O)N2CC(NC3CCN(C(=O)c4cscn4)C3)C2)sc2cc(F)ccc12. The number of carbonyl (C=O) groups is 2. The summed E-state index contributed by atoms with van der Waals surface area (Å²) in [6.07, 6.45) is 0.904. The maximum absolute atomic E-state index is 13.5. The van der Waals surface area contributed by atoms with Crippen LogP contribution in [0, 0.1) is 12.7 Å². The van der Waals surface area contributed by atoms with Crippen LogP contribution >= 0.6 is 22.7 Å². The van der Waals surface area contributed by atoms with Crippen LogP contribution in [0.25, 0.3) is 10.1 Å². The molecule has 1 unspecified atom stereocenters. The predicted octanol–water partition coefficient (Wildman–Crippen LogP) is 3.13. The average Bonchev–Trinajstić information content (AvgIpc) is 3.44. The van der Waals surface area contributed by atoms with Crippen LogP contribution in [-0.4, -0.2) is 64.9 Å². The molecule has 0 bridgehead atoms. The molecule has 30 heavy (non-hydrogen) atoms. The van der Waals surface area contributed by atoms with Gasteiger partial charge in [-0.3, -0.25) is 9.59 Å². The molecule has 6 nitrogen and oxygen atoms in total. The number of halogens is 1. The Kier molecular flexibility index (Phi) is 5.04. The molecule has 2 amide bonds.